The molecule has 1 heterocycles. The van der Waals surface area contributed by atoms with Crippen LogP contribution in [0.25, 0.3) is 6.08 Å². The van der Waals surface area contributed by atoms with Crippen molar-refractivity contribution in [2.75, 3.05) is 0 Å². The topological polar surface area (TPSA) is 69.2 Å². The summed E-state index contributed by atoms with van der Waals surface area (Å²) < 4.78 is 2.51. The summed E-state index contributed by atoms with van der Waals surface area (Å²) in [6, 6.07) is 7.47. The largest absolute Gasteiger partial charge is 0.711 e. The van der Waals surface area contributed by atoms with Crippen LogP contribution in [0, 0.1) is 5.21 Å². The van der Waals surface area contributed by atoms with Crippen LogP contribution in [0.4, 0.5) is 0 Å². The third-order valence-corrected chi connectivity index (χ3v) is 2.43. The van der Waals surface area contributed by atoms with E-state index >= 15 is 0 Å². The van der Waals surface area contributed by atoms with Gasteiger partial charge in [-0.2, -0.15) is 0 Å². The number of aromatic nitrogens is 2. The molecule has 2 aromatic rings. The van der Waals surface area contributed by atoms with E-state index in [0.717, 1.165) is 21.9 Å². The van der Waals surface area contributed by atoms with Crippen molar-refractivity contribution in [1.82, 2.24) is 4.57 Å². The van der Waals surface area contributed by atoms with Crippen LogP contribution in [0.1, 0.15) is 11.1 Å². The average Bonchev–Trinajstić information content (AvgIpc) is 2.74. The third-order valence-electron chi connectivity index (χ3n) is 2.43. The van der Waals surface area contributed by atoms with Gasteiger partial charge in [-0.3, -0.25) is 0 Å². The maximum Gasteiger partial charge on any atom is 0.328 e. The molecular weight excluding hydrogens is 232 g/mol. The Labute approximate surface area is 104 Å². The van der Waals surface area contributed by atoms with Gasteiger partial charge >= 0.3 is 5.97 Å². The molecule has 0 bridgehead atoms. The fourth-order valence-electron chi connectivity index (χ4n) is 1.58. The average molecular weight is 244 g/mol. The van der Waals surface area contributed by atoms with Gasteiger partial charge in [-0.1, -0.05) is 24.3 Å². The van der Waals surface area contributed by atoms with E-state index in [2.05, 4.69) is 0 Å². The Morgan fingerprint density at radius 3 is 2.67 bits per heavy atom. The highest BCUT2D eigenvalue weighted by molar-refractivity contribution is 5.85. The van der Waals surface area contributed by atoms with Crippen LogP contribution in [0.2, 0.25) is 0 Å². The summed E-state index contributed by atoms with van der Waals surface area (Å²) >= 11 is 0. The highest BCUT2D eigenvalue weighted by Gasteiger charge is 2.00. The first-order chi connectivity index (χ1) is 8.63. The van der Waals surface area contributed by atoms with Crippen molar-refractivity contribution in [3.63, 3.8) is 0 Å². The van der Waals surface area contributed by atoms with E-state index in [0.29, 0.717) is 6.54 Å². The van der Waals surface area contributed by atoms with Gasteiger partial charge in [0.1, 0.15) is 18.9 Å². The predicted octanol–water partition coefficient (Wildman–Crippen LogP) is 1.27. The molecule has 1 aromatic carbocycles. The summed E-state index contributed by atoms with van der Waals surface area (Å²) in [6.45, 7) is 0.609. The lowest BCUT2D eigenvalue weighted by Gasteiger charge is -1.99. The number of aliphatic carboxylic acids is 1. The number of hydrogen-bond donors (Lipinski definition) is 1. The first-order valence-electron chi connectivity index (χ1n) is 5.38. The van der Waals surface area contributed by atoms with Gasteiger partial charge in [-0.25, -0.2) is 14.1 Å². The second-order valence-corrected chi connectivity index (χ2v) is 3.86. The summed E-state index contributed by atoms with van der Waals surface area (Å²) in [4.78, 5) is 10.4. The fraction of sp³-hybridized carbons (Fsp3) is 0.0769. The Bertz CT molecular complexity index is 570. The van der Waals surface area contributed by atoms with Crippen LogP contribution < -0.4 is 4.73 Å². The van der Waals surface area contributed by atoms with Crippen LogP contribution in [0.15, 0.2) is 49.1 Å². The van der Waals surface area contributed by atoms with Gasteiger partial charge < -0.3 is 10.3 Å². The van der Waals surface area contributed by atoms with Crippen LogP contribution >= 0.6 is 0 Å². The minimum Gasteiger partial charge on any atom is -0.711 e. The van der Waals surface area contributed by atoms with Gasteiger partial charge in [0.15, 0.2) is 0 Å². The van der Waals surface area contributed by atoms with E-state index < -0.39 is 5.97 Å². The van der Waals surface area contributed by atoms with Crippen molar-refractivity contribution in [3.05, 3.63) is 65.4 Å². The van der Waals surface area contributed by atoms with Crippen molar-refractivity contribution in [1.29, 1.82) is 0 Å². The lowest BCUT2D eigenvalue weighted by Crippen LogP contribution is -2.21. The Kier molecular flexibility index (Phi) is 3.43. The van der Waals surface area contributed by atoms with Gasteiger partial charge in [-0.05, 0) is 17.2 Å². The maximum absolute atomic E-state index is 10.9. The molecule has 0 saturated heterocycles. The molecule has 92 valence electrons. The normalized spacial score (nSPS) is 10.9. The molecule has 2 rings (SSSR count). The first-order valence-corrected chi connectivity index (χ1v) is 5.38. The van der Waals surface area contributed by atoms with Crippen molar-refractivity contribution < 1.29 is 14.6 Å². The molecule has 0 saturated carbocycles. The Hall–Kier alpha value is -2.56. The molecule has 1 N–H and O–H groups in total. The minimum absolute atomic E-state index is 0.609. The minimum atomic E-state index is -0.966. The molecule has 0 fully saturated rings. The van der Waals surface area contributed by atoms with Gasteiger partial charge in [0, 0.05) is 6.08 Å². The second-order valence-electron chi connectivity index (χ2n) is 3.86. The van der Waals surface area contributed by atoms with Gasteiger partial charge in [0.25, 0.3) is 0 Å². The summed E-state index contributed by atoms with van der Waals surface area (Å²) in [7, 11) is 0. The molecule has 0 radical (unpaired) electrons. The van der Waals surface area contributed by atoms with Gasteiger partial charge in [0.2, 0.25) is 6.33 Å². The number of carbonyl (C=O) groups is 1. The standard InChI is InChI=1S/C13H12N2O3/c16-13(17)6-5-11-1-3-12(4-2-11)9-14-7-8-15(18)10-14/h1-8,10H,9H2,(H,16,17)/b6-5+. The molecule has 0 amide bonds. The summed E-state index contributed by atoms with van der Waals surface area (Å²) in [5.41, 5.74) is 1.87. The Morgan fingerprint density at radius 1 is 1.39 bits per heavy atom. The maximum atomic E-state index is 10.9. The lowest BCUT2D eigenvalue weighted by molar-refractivity contribution is -0.604. The molecular formula is C13H12N2O3. The van der Waals surface area contributed by atoms with Crippen LogP contribution in [-0.4, -0.2) is 15.6 Å². The zero-order chi connectivity index (χ0) is 13.0. The number of benzene rings is 1. The quantitative estimate of drug-likeness (QED) is 0.500. The number of hydrogen-bond acceptors (Lipinski definition) is 2. The number of imidazole rings is 1. The monoisotopic (exact) mass is 244 g/mol. The molecule has 18 heavy (non-hydrogen) atoms. The zero-order valence-electron chi connectivity index (χ0n) is 9.56. The lowest BCUT2D eigenvalue weighted by atomic mass is 10.1. The van der Waals surface area contributed by atoms with E-state index in [1.54, 1.807) is 10.8 Å². The molecule has 5 nitrogen and oxygen atoms in total. The van der Waals surface area contributed by atoms with Crippen molar-refractivity contribution in [2.24, 2.45) is 0 Å². The van der Waals surface area contributed by atoms with Gasteiger partial charge in [0.05, 0.1) is 0 Å². The summed E-state index contributed by atoms with van der Waals surface area (Å²) in [6.07, 6.45) is 7.22. The molecule has 0 atom stereocenters. The molecule has 0 aliphatic carbocycles. The number of carboxylic acid groups (broad SMARTS) is 1. The smallest absolute Gasteiger partial charge is 0.328 e. The van der Waals surface area contributed by atoms with Gasteiger partial charge in [-0.15, -0.1) is 0 Å². The first kappa shape index (κ1) is 11.9. The van der Waals surface area contributed by atoms with E-state index in [1.807, 2.05) is 24.3 Å². The van der Waals surface area contributed by atoms with E-state index in [9.17, 15) is 10.0 Å². The summed E-state index contributed by atoms with van der Waals surface area (Å²) in [5, 5.41) is 19.4. The molecule has 0 aliphatic rings. The van der Waals surface area contributed by atoms with Crippen molar-refractivity contribution >= 4 is 12.0 Å². The predicted molar refractivity (Wildman–Crippen MR) is 65.6 cm³/mol. The van der Waals surface area contributed by atoms with E-state index in [4.69, 9.17) is 5.11 Å². The Morgan fingerprint density at radius 2 is 2.11 bits per heavy atom. The molecule has 0 spiro atoms. The van der Waals surface area contributed by atoms with E-state index in [1.165, 1.54) is 18.6 Å². The highest BCUT2D eigenvalue weighted by atomic mass is 16.5. The number of nitrogens with zero attached hydrogens (tertiary/aromatic N) is 2. The third kappa shape index (κ3) is 3.21. The molecule has 1 aromatic heterocycles. The van der Waals surface area contributed by atoms with Crippen molar-refractivity contribution in [2.45, 2.75) is 6.54 Å². The number of carboxylic acids is 1. The highest BCUT2D eigenvalue weighted by Crippen LogP contribution is 2.07. The van der Waals surface area contributed by atoms with E-state index in [-0.39, 0.29) is 0 Å². The molecule has 0 unspecified atom stereocenters. The SMILES string of the molecule is O=C(O)/C=C/c1ccc(Cn2cc[n+]([O-])c2)cc1. The van der Waals surface area contributed by atoms with Crippen LogP contribution in [0.3, 0.4) is 0 Å². The second kappa shape index (κ2) is 5.18. The van der Waals surface area contributed by atoms with Crippen molar-refractivity contribution in [3.8, 4) is 0 Å². The fourth-order valence-corrected chi connectivity index (χ4v) is 1.58. The van der Waals surface area contributed by atoms with Crippen LogP contribution in [-0.2, 0) is 11.3 Å². The zero-order valence-corrected chi connectivity index (χ0v) is 9.56. The summed E-state index contributed by atoms with van der Waals surface area (Å²) in [5.74, 6) is -0.966. The Balaban J connectivity index is 2.06. The molecule has 5 heteroatoms. The number of rotatable bonds is 4. The molecule has 0 aliphatic heterocycles. The van der Waals surface area contributed by atoms with Crippen LogP contribution in [0.5, 0.6) is 0 Å².